The molecule has 2 aromatic rings. The Bertz CT molecular complexity index is 584. The lowest BCUT2D eigenvalue weighted by molar-refractivity contribution is -0.119. The van der Waals surface area contributed by atoms with Crippen LogP contribution in [0, 0.1) is 0 Å². The molecule has 0 bridgehead atoms. The van der Waals surface area contributed by atoms with Gasteiger partial charge >= 0.3 is 6.18 Å². The van der Waals surface area contributed by atoms with E-state index in [0.717, 1.165) is 4.90 Å². The quantitative estimate of drug-likeness (QED) is 0.940. The summed E-state index contributed by atoms with van der Waals surface area (Å²) in [7, 11) is 1.31. The van der Waals surface area contributed by atoms with Crippen LogP contribution in [0.3, 0.4) is 0 Å². The average Bonchev–Trinajstić information content (AvgIpc) is 2.37. The van der Waals surface area contributed by atoms with E-state index in [-0.39, 0.29) is 11.6 Å². The molecule has 0 saturated carbocycles. The summed E-state index contributed by atoms with van der Waals surface area (Å²) >= 11 is 0. The van der Waals surface area contributed by atoms with Gasteiger partial charge in [-0.15, -0.1) is 0 Å². The predicted molar refractivity (Wildman–Crippen MR) is 71.2 cm³/mol. The van der Waals surface area contributed by atoms with Crippen LogP contribution < -0.4 is 10.6 Å². The molecule has 7 heteroatoms. The van der Waals surface area contributed by atoms with Gasteiger partial charge in [0.15, 0.2) is 5.82 Å². The molecule has 0 unspecified atom stereocenters. The zero-order valence-electron chi connectivity index (χ0n) is 10.7. The van der Waals surface area contributed by atoms with Crippen LogP contribution in [0.4, 0.5) is 24.8 Å². The van der Waals surface area contributed by atoms with E-state index in [1.807, 2.05) is 6.07 Å². The first-order valence-electron chi connectivity index (χ1n) is 5.83. The van der Waals surface area contributed by atoms with Gasteiger partial charge in [-0.05, 0) is 0 Å². The van der Waals surface area contributed by atoms with E-state index in [1.165, 1.54) is 13.1 Å². The van der Waals surface area contributed by atoms with Crippen molar-refractivity contribution in [1.82, 2.24) is 9.97 Å². The summed E-state index contributed by atoms with van der Waals surface area (Å²) in [5.41, 5.74) is 6.34. The van der Waals surface area contributed by atoms with Gasteiger partial charge < -0.3 is 10.6 Å². The van der Waals surface area contributed by atoms with Crippen molar-refractivity contribution in [2.45, 2.75) is 6.18 Å². The van der Waals surface area contributed by atoms with Crippen LogP contribution in [-0.4, -0.2) is 29.7 Å². The number of aromatic nitrogens is 2. The highest BCUT2D eigenvalue weighted by Gasteiger charge is 2.30. The predicted octanol–water partition coefficient (Wildman–Crippen LogP) is 2.72. The van der Waals surface area contributed by atoms with E-state index in [9.17, 15) is 13.2 Å². The number of hydrogen-bond acceptors (Lipinski definition) is 4. The van der Waals surface area contributed by atoms with Crippen LogP contribution in [0.2, 0.25) is 0 Å². The fourth-order valence-electron chi connectivity index (χ4n) is 1.71. The molecule has 0 atom stereocenters. The van der Waals surface area contributed by atoms with E-state index < -0.39 is 12.7 Å². The zero-order valence-corrected chi connectivity index (χ0v) is 10.7. The van der Waals surface area contributed by atoms with Crippen LogP contribution in [0.5, 0.6) is 0 Å². The van der Waals surface area contributed by atoms with Crippen molar-refractivity contribution in [3.8, 4) is 11.4 Å². The molecule has 20 heavy (non-hydrogen) atoms. The topological polar surface area (TPSA) is 55.0 Å². The molecule has 0 radical (unpaired) electrons. The fourth-order valence-corrected chi connectivity index (χ4v) is 1.71. The third-order valence-corrected chi connectivity index (χ3v) is 2.57. The first-order valence-corrected chi connectivity index (χ1v) is 5.83. The summed E-state index contributed by atoms with van der Waals surface area (Å²) in [6.07, 6.45) is -4.30. The van der Waals surface area contributed by atoms with Crippen molar-refractivity contribution >= 4 is 11.6 Å². The van der Waals surface area contributed by atoms with Gasteiger partial charge in [0.25, 0.3) is 0 Å². The molecule has 0 fully saturated rings. The summed E-state index contributed by atoms with van der Waals surface area (Å²) in [5.74, 6) is 0.561. The van der Waals surface area contributed by atoms with Crippen molar-refractivity contribution in [1.29, 1.82) is 0 Å². The summed E-state index contributed by atoms with van der Waals surface area (Å²) in [6.45, 7) is -1.10. The highest BCUT2D eigenvalue weighted by molar-refractivity contribution is 5.60. The maximum Gasteiger partial charge on any atom is 0.405 e. The van der Waals surface area contributed by atoms with E-state index in [2.05, 4.69) is 9.97 Å². The first-order chi connectivity index (χ1) is 9.35. The van der Waals surface area contributed by atoms with Crippen molar-refractivity contribution in [2.24, 2.45) is 0 Å². The monoisotopic (exact) mass is 282 g/mol. The molecule has 0 aliphatic rings. The summed E-state index contributed by atoms with van der Waals surface area (Å²) in [4.78, 5) is 9.15. The third-order valence-electron chi connectivity index (χ3n) is 2.57. The number of hydrogen-bond donors (Lipinski definition) is 1. The molecule has 2 rings (SSSR count). The Morgan fingerprint density at radius 3 is 2.40 bits per heavy atom. The van der Waals surface area contributed by atoms with Gasteiger partial charge in [0, 0.05) is 18.7 Å². The van der Waals surface area contributed by atoms with Gasteiger partial charge in [0.2, 0.25) is 0 Å². The molecule has 0 saturated heterocycles. The maximum atomic E-state index is 12.4. The normalized spacial score (nSPS) is 11.4. The van der Waals surface area contributed by atoms with Crippen LogP contribution in [-0.2, 0) is 0 Å². The number of nitrogen functional groups attached to an aromatic ring is 1. The van der Waals surface area contributed by atoms with Crippen LogP contribution in [0.25, 0.3) is 11.4 Å². The number of anilines is 2. The van der Waals surface area contributed by atoms with Gasteiger partial charge in [-0.1, -0.05) is 30.3 Å². The first kappa shape index (κ1) is 14.1. The average molecular weight is 282 g/mol. The van der Waals surface area contributed by atoms with Gasteiger partial charge in [-0.25, -0.2) is 9.97 Å². The van der Waals surface area contributed by atoms with Crippen molar-refractivity contribution in [2.75, 3.05) is 24.2 Å². The largest absolute Gasteiger partial charge is 0.405 e. The highest BCUT2D eigenvalue weighted by atomic mass is 19.4. The van der Waals surface area contributed by atoms with E-state index in [1.54, 1.807) is 24.3 Å². The maximum absolute atomic E-state index is 12.4. The van der Waals surface area contributed by atoms with Crippen LogP contribution in [0.15, 0.2) is 36.4 Å². The molecule has 1 aromatic carbocycles. The molecule has 1 aromatic heterocycles. The van der Waals surface area contributed by atoms with Gasteiger partial charge in [0.05, 0.1) is 0 Å². The smallest absolute Gasteiger partial charge is 0.384 e. The van der Waals surface area contributed by atoms with Gasteiger partial charge in [-0.3, -0.25) is 0 Å². The standard InChI is InChI=1S/C13H13F3N4/c1-20(8-13(14,15)16)11-7-10(17)18-12(19-11)9-5-3-2-4-6-9/h2-7H,8H2,1H3,(H2,17,18,19). The molecule has 1 heterocycles. The molecule has 0 spiro atoms. The number of nitrogens with zero attached hydrogens (tertiary/aromatic N) is 3. The van der Waals surface area contributed by atoms with Gasteiger partial charge in [-0.2, -0.15) is 13.2 Å². The van der Waals surface area contributed by atoms with Crippen molar-refractivity contribution in [3.05, 3.63) is 36.4 Å². The number of alkyl halides is 3. The molecular weight excluding hydrogens is 269 g/mol. The second-order valence-corrected chi connectivity index (χ2v) is 4.31. The molecular formula is C13H13F3N4. The number of halogens is 3. The molecule has 0 amide bonds. The summed E-state index contributed by atoms with van der Waals surface area (Å²) < 4.78 is 37.2. The van der Waals surface area contributed by atoms with E-state index in [0.29, 0.717) is 11.4 Å². The Balaban J connectivity index is 2.34. The minimum absolute atomic E-state index is 0.128. The second kappa shape index (κ2) is 5.36. The Morgan fingerprint density at radius 1 is 1.15 bits per heavy atom. The molecule has 2 N–H and O–H groups in total. The van der Waals surface area contributed by atoms with E-state index in [4.69, 9.17) is 5.73 Å². The minimum Gasteiger partial charge on any atom is -0.384 e. The van der Waals surface area contributed by atoms with Crippen molar-refractivity contribution < 1.29 is 13.2 Å². The number of benzene rings is 1. The summed E-state index contributed by atoms with van der Waals surface area (Å²) in [5, 5.41) is 0. The van der Waals surface area contributed by atoms with E-state index >= 15 is 0 Å². The van der Waals surface area contributed by atoms with Gasteiger partial charge in [0.1, 0.15) is 18.2 Å². The molecule has 0 aliphatic heterocycles. The van der Waals surface area contributed by atoms with Crippen molar-refractivity contribution in [3.63, 3.8) is 0 Å². The lowest BCUT2D eigenvalue weighted by Gasteiger charge is -2.20. The Labute approximate surface area is 114 Å². The molecule has 106 valence electrons. The number of rotatable bonds is 3. The lowest BCUT2D eigenvalue weighted by Crippen LogP contribution is -2.31. The Hall–Kier alpha value is -2.31. The minimum atomic E-state index is -4.30. The third kappa shape index (κ3) is 3.59. The Kier molecular flexibility index (Phi) is 3.78. The SMILES string of the molecule is CN(CC(F)(F)F)c1cc(N)nc(-c2ccccc2)n1. The molecule has 0 aliphatic carbocycles. The van der Waals surface area contributed by atoms with Crippen LogP contribution >= 0.6 is 0 Å². The number of nitrogens with two attached hydrogens (primary N) is 1. The fraction of sp³-hybridized carbons (Fsp3) is 0.231. The lowest BCUT2D eigenvalue weighted by atomic mass is 10.2. The zero-order chi connectivity index (χ0) is 14.8. The Morgan fingerprint density at radius 2 is 1.80 bits per heavy atom. The summed E-state index contributed by atoms with van der Waals surface area (Å²) in [6, 6.07) is 10.3. The second-order valence-electron chi connectivity index (χ2n) is 4.31. The highest BCUT2D eigenvalue weighted by Crippen LogP contribution is 2.23. The molecule has 4 nitrogen and oxygen atoms in total. The van der Waals surface area contributed by atoms with Crippen LogP contribution in [0.1, 0.15) is 0 Å².